The normalized spacial score (nSPS) is 12.4. The number of rotatable bonds is 4. The van der Waals surface area contributed by atoms with Crippen molar-refractivity contribution < 1.29 is 18.9 Å². The van der Waals surface area contributed by atoms with Crippen molar-refractivity contribution in [3.8, 4) is 23.0 Å². The molecular formula is C46H30O4. The van der Waals surface area contributed by atoms with E-state index >= 15 is 0 Å². The van der Waals surface area contributed by atoms with E-state index < -0.39 is 0 Å². The second kappa shape index (κ2) is 9.67. The minimum atomic E-state index is 0.804. The Bertz CT molecular complexity index is 2820. The Labute approximate surface area is 286 Å². The largest absolute Gasteiger partial charge is 0.496 e. The fraction of sp³-hybridized carbons (Fsp3) is 0.0870. The first-order valence-corrected chi connectivity index (χ1v) is 16.9. The van der Waals surface area contributed by atoms with Gasteiger partial charge in [0.05, 0.1) is 28.4 Å². The monoisotopic (exact) mass is 646 g/mol. The summed E-state index contributed by atoms with van der Waals surface area (Å²) < 4.78 is 24.9. The first kappa shape index (κ1) is 27.7. The molecule has 11 rings (SSSR count). The molecule has 0 atom stereocenters. The van der Waals surface area contributed by atoms with Crippen LogP contribution in [0.15, 0.2) is 109 Å². The van der Waals surface area contributed by atoms with E-state index in [-0.39, 0.29) is 0 Å². The van der Waals surface area contributed by atoms with Gasteiger partial charge in [-0.3, -0.25) is 0 Å². The summed E-state index contributed by atoms with van der Waals surface area (Å²) in [5.41, 5.74) is 0. The lowest BCUT2D eigenvalue weighted by molar-refractivity contribution is 0.401. The summed E-state index contributed by atoms with van der Waals surface area (Å²) in [6.07, 6.45) is 0. The van der Waals surface area contributed by atoms with Crippen LogP contribution < -0.4 is 18.9 Å². The van der Waals surface area contributed by atoms with Gasteiger partial charge in [0.25, 0.3) is 0 Å². The minimum absolute atomic E-state index is 0.804. The van der Waals surface area contributed by atoms with Gasteiger partial charge in [-0.1, -0.05) is 97.1 Å². The predicted octanol–water partition coefficient (Wildman–Crippen LogP) is 12.1. The molecule has 0 saturated heterocycles. The molecule has 0 aliphatic carbocycles. The van der Waals surface area contributed by atoms with Gasteiger partial charge in [-0.25, -0.2) is 0 Å². The molecule has 0 aliphatic heterocycles. The summed E-state index contributed by atoms with van der Waals surface area (Å²) in [6.45, 7) is 0. The first-order chi connectivity index (χ1) is 24.7. The SMILES string of the molecule is COc1cc(OC)c2c3ccccc3c3c4c5ccccc5c5c(OC)cc(OC)c6c7ccccc7c(c7c8ccccc8c1c2c73)c4c65. The zero-order chi connectivity index (χ0) is 33.4. The van der Waals surface area contributed by atoms with Gasteiger partial charge in [-0.2, -0.15) is 0 Å². The molecule has 0 N–H and O–H groups in total. The van der Waals surface area contributed by atoms with Crippen molar-refractivity contribution in [3.05, 3.63) is 109 Å². The van der Waals surface area contributed by atoms with Gasteiger partial charge in [-0.05, 0) is 64.6 Å². The molecule has 50 heavy (non-hydrogen) atoms. The third kappa shape index (κ3) is 3.09. The molecule has 11 aromatic carbocycles. The van der Waals surface area contributed by atoms with Crippen LogP contribution >= 0.6 is 0 Å². The van der Waals surface area contributed by atoms with Gasteiger partial charge in [0.1, 0.15) is 23.0 Å². The number of methoxy groups -OCH3 is 4. The van der Waals surface area contributed by atoms with E-state index in [1.54, 1.807) is 28.4 Å². The van der Waals surface area contributed by atoms with Crippen LogP contribution in [0.1, 0.15) is 0 Å². The fourth-order valence-corrected chi connectivity index (χ4v) is 9.49. The zero-order valence-electron chi connectivity index (χ0n) is 28.0. The molecule has 238 valence electrons. The Balaban J connectivity index is 1.68. The van der Waals surface area contributed by atoms with Crippen LogP contribution in [0.25, 0.3) is 108 Å². The van der Waals surface area contributed by atoms with E-state index in [2.05, 4.69) is 109 Å². The highest BCUT2D eigenvalue weighted by Crippen LogP contribution is 2.59. The molecule has 0 radical (unpaired) electrons. The molecule has 4 heteroatoms. The highest BCUT2D eigenvalue weighted by Gasteiger charge is 2.30. The van der Waals surface area contributed by atoms with Gasteiger partial charge in [-0.15, -0.1) is 0 Å². The van der Waals surface area contributed by atoms with Crippen LogP contribution in [0.3, 0.4) is 0 Å². The molecule has 0 amide bonds. The standard InChI is InChI=1S/C46H30O4/c1-47-31-21-32(48-2)36-24-14-6-10-18-28(24)40-42-30-20-12-8-16-26(30)38-34(50-4)22-33(49-3)37-25-15-7-11-19-29(25)41(46(42)44(37)38)39-27-17-9-5-13-23(27)35(31)43(36)45(39)40/h5-22H,1-4H3. The van der Waals surface area contributed by atoms with Crippen LogP contribution in [-0.4, -0.2) is 28.4 Å². The Morgan fingerprint density at radius 1 is 0.240 bits per heavy atom. The summed E-state index contributed by atoms with van der Waals surface area (Å²) in [7, 11) is 7.04. The van der Waals surface area contributed by atoms with Crippen molar-refractivity contribution in [2.45, 2.75) is 0 Å². The second-order valence-corrected chi connectivity index (χ2v) is 13.2. The molecule has 0 aromatic heterocycles. The van der Waals surface area contributed by atoms with Crippen molar-refractivity contribution in [2.24, 2.45) is 0 Å². The Morgan fingerprint density at radius 3 is 0.620 bits per heavy atom. The van der Waals surface area contributed by atoms with E-state index in [1.807, 2.05) is 0 Å². The summed E-state index contributed by atoms with van der Waals surface area (Å²) in [5, 5.41) is 23.5. The minimum Gasteiger partial charge on any atom is -0.496 e. The molecule has 0 unspecified atom stereocenters. The Kier molecular flexibility index (Phi) is 5.35. The highest BCUT2D eigenvalue weighted by molar-refractivity contribution is 6.56. The maximum Gasteiger partial charge on any atom is 0.131 e. The molecule has 0 heterocycles. The van der Waals surface area contributed by atoms with Gasteiger partial charge >= 0.3 is 0 Å². The molecule has 0 saturated carbocycles. The predicted molar refractivity (Wildman–Crippen MR) is 210 cm³/mol. The van der Waals surface area contributed by atoms with E-state index in [9.17, 15) is 0 Å². The average molecular weight is 647 g/mol. The zero-order valence-corrected chi connectivity index (χ0v) is 28.0. The van der Waals surface area contributed by atoms with Crippen molar-refractivity contribution in [3.63, 3.8) is 0 Å². The van der Waals surface area contributed by atoms with Gasteiger partial charge in [0, 0.05) is 55.2 Å². The number of fused-ring (bicyclic) bond motifs is 14. The third-order valence-electron chi connectivity index (χ3n) is 11.3. The van der Waals surface area contributed by atoms with Crippen LogP contribution in [0.4, 0.5) is 0 Å². The second-order valence-electron chi connectivity index (χ2n) is 13.2. The van der Waals surface area contributed by atoms with E-state index in [0.29, 0.717) is 0 Å². The number of ether oxygens (including phenoxy) is 4. The van der Waals surface area contributed by atoms with Crippen LogP contribution in [-0.2, 0) is 0 Å². The van der Waals surface area contributed by atoms with E-state index in [4.69, 9.17) is 18.9 Å². The van der Waals surface area contributed by atoms with Crippen LogP contribution in [0, 0.1) is 0 Å². The first-order valence-electron chi connectivity index (χ1n) is 16.9. The van der Waals surface area contributed by atoms with Gasteiger partial charge in [0.15, 0.2) is 0 Å². The summed E-state index contributed by atoms with van der Waals surface area (Å²) in [5.74, 6) is 3.22. The smallest absolute Gasteiger partial charge is 0.131 e. The van der Waals surface area contributed by atoms with Crippen LogP contribution in [0.5, 0.6) is 23.0 Å². The molecule has 4 nitrogen and oxygen atoms in total. The number of hydrogen-bond donors (Lipinski definition) is 0. The van der Waals surface area contributed by atoms with Crippen molar-refractivity contribution >= 4 is 108 Å². The summed E-state index contributed by atoms with van der Waals surface area (Å²) in [6, 6.07) is 39.4. The van der Waals surface area contributed by atoms with Crippen molar-refractivity contribution in [1.82, 2.24) is 0 Å². The van der Waals surface area contributed by atoms with Crippen molar-refractivity contribution in [2.75, 3.05) is 28.4 Å². The lowest BCUT2D eigenvalue weighted by Crippen LogP contribution is -1.99. The van der Waals surface area contributed by atoms with E-state index in [0.717, 1.165) is 76.9 Å². The van der Waals surface area contributed by atoms with Gasteiger partial charge in [0.2, 0.25) is 0 Å². The van der Waals surface area contributed by atoms with Crippen LogP contribution in [0.2, 0.25) is 0 Å². The molecule has 0 fully saturated rings. The number of benzene rings is 11. The maximum absolute atomic E-state index is 6.21. The lowest BCUT2D eigenvalue weighted by Gasteiger charge is -2.26. The Hall–Kier alpha value is -6.26. The molecule has 0 aliphatic rings. The summed E-state index contributed by atoms with van der Waals surface area (Å²) >= 11 is 0. The number of hydrogen-bond acceptors (Lipinski definition) is 4. The van der Waals surface area contributed by atoms with Gasteiger partial charge < -0.3 is 18.9 Å². The fourth-order valence-electron chi connectivity index (χ4n) is 9.49. The topological polar surface area (TPSA) is 36.9 Å². The lowest BCUT2D eigenvalue weighted by atomic mass is 9.77. The van der Waals surface area contributed by atoms with E-state index in [1.165, 1.54) is 53.9 Å². The highest BCUT2D eigenvalue weighted by atomic mass is 16.5. The molecule has 11 aromatic rings. The maximum atomic E-state index is 6.21. The third-order valence-corrected chi connectivity index (χ3v) is 11.3. The average Bonchev–Trinajstić information content (AvgIpc) is 3.18. The van der Waals surface area contributed by atoms with Crippen molar-refractivity contribution in [1.29, 1.82) is 0 Å². The summed E-state index contributed by atoms with van der Waals surface area (Å²) in [4.78, 5) is 0. The Morgan fingerprint density at radius 2 is 0.420 bits per heavy atom. The molecule has 0 bridgehead atoms. The molecular weight excluding hydrogens is 617 g/mol. The quantitative estimate of drug-likeness (QED) is 0.141. The molecule has 0 spiro atoms.